The summed E-state index contributed by atoms with van der Waals surface area (Å²) in [5.74, 6) is 0. The Kier molecular flexibility index (Phi) is 7.01. The number of hydrogen-bond donors (Lipinski definition) is 0. The predicted octanol–water partition coefficient (Wildman–Crippen LogP) is 14.9. The highest BCUT2D eigenvalue weighted by atomic mass is 15.0. The van der Waals surface area contributed by atoms with E-state index in [0.717, 1.165) is 16.6 Å². The first-order chi connectivity index (χ1) is 28.6. The van der Waals surface area contributed by atoms with E-state index in [1.807, 2.05) is 12.4 Å². The summed E-state index contributed by atoms with van der Waals surface area (Å²) < 4.78 is 2.41. The molecule has 0 aliphatic heterocycles. The van der Waals surface area contributed by atoms with Gasteiger partial charge in [-0.05, 0) is 119 Å². The number of benzene rings is 9. The summed E-state index contributed by atoms with van der Waals surface area (Å²) in [7, 11) is 0. The van der Waals surface area contributed by atoms with E-state index in [9.17, 15) is 0 Å². The molecule has 1 aliphatic rings. The molecule has 0 amide bonds. The van der Waals surface area contributed by atoms with Gasteiger partial charge in [0, 0.05) is 39.7 Å². The minimum Gasteiger partial charge on any atom is -0.309 e. The van der Waals surface area contributed by atoms with Crippen LogP contribution in [0.15, 0.2) is 194 Å². The van der Waals surface area contributed by atoms with E-state index >= 15 is 0 Å². The molecule has 0 unspecified atom stereocenters. The van der Waals surface area contributed by atoms with Gasteiger partial charge in [0.25, 0.3) is 0 Å². The number of nitrogens with zero attached hydrogens (tertiary/aromatic N) is 2. The van der Waals surface area contributed by atoms with Crippen molar-refractivity contribution in [3.8, 4) is 50.2 Å². The topological polar surface area (TPSA) is 17.8 Å². The molecule has 0 bridgehead atoms. The van der Waals surface area contributed by atoms with Crippen molar-refractivity contribution < 1.29 is 0 Å². The first kappa shape index (κ1) is 32.9. The Bertz CT molecular complexity index is 3460. The van der Waals surface area contributed by atoms with Crippen LogP contribution < -0.4 is 0 Å². The lowest BCUT2D eigenvalue weighted by Gasteiger charge is -2.23. The summed E-state index contributed by atoms with van der Waals surface area (Å²) in [5, 5.41) is 9.82. The summed E-state index contributed by atoms with van der Waals surface area (Å²) in [6.45, 7) is 4.75. The first-order valence-electron chi connectivity index (χ1n) is 20.2. The molecule has 1 aliphatic carbocycles. The van der Waals surface area contributed by atoms with Gasteiger partial charge in [-0.15, -0.1) is 0 Å². The van der Waals surface area contributed by atoms with Gasteiger partial charge in [0.05, 0.1) is 11.0 Å². The quantitative estimate of drug-likeness (QED) is 0.164. The maximum Gasteiger partial charge on any atom is 0.0620 e. The molecule has 2 heteroatoms. The molecule has 0 atom stereocenters. The number of pyridine rings is 1. The number of aromatic nitrogens is 2. The fourth-order valence-electron chi connectivity index (χ4n) is 10.2. The van der Waals surface area contributed by atoms with E-state index in [1.54, 1.807) is 0 Å². The third kappa shape index (κ3) is 4.63. The summed E-state index contributed by atoms with van der Waals surface area (Å²) in [6, 6.07) is 67.4. The zero-order valence-corrected chi connectivity index (χ0v) is 32.4. The molecule has 0 saturated heterocycles. The fourth-order valence-corrected chi connectivity index (χ4v) is 10.2. The molecule has 11 aromatic rings. The normalized spacial score (nSPS) is 13.1. The number of hydrogen-bond acceptors (Lipinski definition) is 1. The van der Waals surface area contributed by atoms with Crippen molar-refractivity contribution in [1.29, 1.82) is 0 Å². The Morgan fingerprint density at radius 2 is 1.02 bits per heavy atom. The van der Waals surface area contributed by atoms with Crippen molar-refractivity contribution in [2.75, 3.05) is 0 Å². The maximum absolute atomic E-state index is 4.64. The van der Waals surface area contributed by atoms with E-state index in [1.165, 1.54) is 98.9 Å². The molecule has 2 nitrogen and oxygen atoms in total. The molecule has 0 N–H and O–H groups in total. The van der Waals surface area contributed by atoms with E-state index < -0.39 is 0 Å². The van der Waals surface area contributed by atoms with Gasteiger partial charge < -0.3 is 4.57 Å². The SMILES string of the molecule is CC1(C)c2ccccc2-c2ccc(-c3c4ccccc4c(-c4ccccc4)c4ccc(-c5cc6c7cnccc7n(-c7ccccc7)c6c6ccccc56)cc34)cc21. The Hall–Kier alpha value is -7.29. The smallest absolute Gasteiger partial charge is 0.0620 e. The Morgan fingerprint density at radius 1 is 0.397 bits per heavy atom. The van der Waals surface area contributed by atoms with Crippen molar-refractivity contribution in [3.05, 3.63) is 206 Å². The largest absolute Gasteiger partial charge is 0.309 e. The van der Waals surface area contributed by atoms with Crippen LogP contribution in [0.25, 0.3) is 104 Å². The molecular formula is C56H38N2. The van der Waals surface area contributed by atoms with Crippen molar-refractivity contribution in [1.82, 2.24) is 9.55 Å². The molecule has 0 spiro atoms. The van der Waals surface area contributed by atoms with Crippen LogP contribution in [0.4, 0.5) is 0 Å². The minimum absolute atomic E-state index is 0.106. The van der Waals surface area contributed by atoms with Gasteiger partial charge in [-0.3, -0.25) is 4.98 Å². The average Bonchev–Trinajstić information content (AvgIpc) is 3.74. The first-order valence-corrected chi connectivity index (χ1v) is 20.2. The zero-order valence-electron chi connectivity index (χ0n) is 32.4. The van der Waals surface area contributed by atoms with Crippen LogP contribution in [-0.2, 0) is 5.41 Å². The second-order valence-corrected chi connectivity index (χ2v) is 16.3. The Labute approximate surface area is 337 Å². The molecule has 272 valence electrons. The molecule has 58 heavy (non-hydrogen) atoms. The standard InChI is InChI=1S/C56H38N2/c1-56(2)50-24-14-13-20-40(50)41-27-26-37(32-51(41)56)54-43-22-11-10-21-42(43)53(35-15-5-3-6-16-35)44-28-25-36(31-47(44)54)46-33-48-49-34-57-30-29-52(49)58(38-17-7-4-8-18-38)55(48)45-23-12-9-19-39(45)46/h3-34H,1-2H3. The highest BCUT2D eigenvalue weighted by Crippen LogP contribution is 2.52. The molecule has 0 fully saturated rings. The third-order valence-electron chi connectivity index (χ3n) is 12.9. The molecule has 2 heterocycles. The lowest BCUT2D eigenvalue weighted by atomic mass is 9.80. The van der Waals surface area contributed by atoms with Crippen molar-refractivity contribution in [3.63, 3.8) is 0 Å². The lowest BCUT2D eigenvalue weighted by Crippen LogP contribution is -2.14. The number of para-hydroxylation sites is 1. The zero-order chi connectivity index (χ0) is 38.5. The average molecular weight is 739 g/mol. The van der Waals surface area contributed by atoms with Crippen LogP contribution in [0, 0.1) is 0 Å². The summed E-state index contributed by atoms with van der Waals surface area (Å²) >= 11 is 0. The van der Waals surface area contributed by atoms with E-state index in [2.05, 4.69) is 205 Å². The van der Waals surface area contributed by atoms with Crippen LogP contribution in [-0.4, -0.2) is 9.55 Å². The summed E-state index contributed by atoms with van der Waals surface area (Å²) in [4.78, 5) is 4.64. The van der Waals surface area contributed by atoms with Gasteiger partial charge in [-0.2, -0.15) is 0 Å². The molecule has 0 radical (unpaired) electrons. The van der Waals surface area contributed by atoms with E-state index in [0.29, 0.717) is 0 Å². The molecule has 2 aromatic heterocycles. The molecule has 9 aromatic carbocycles. The van der Waals surface area contributed by atoms with Gasteiger partial charge in [0.2, 0.25) is 0 Å². The van der Waals surface area contributed by atoms with Gasteiger partial charge in [-0.1, -0.05) is 159 Å². The lowest BCUT2D eigenvalue weighted by molar-refractivity contribution is 0.660. The van der Waals surface area contributed by atoms with Gasteiger partial charge in [0.1, 0.15) is 0 Å². The predicted molar refractivity (Wildman–Crippen MR) is 245 cm³/mol. The van der Waals surface area contributed by atoms with Gasteiger partial charge in [-0.25, -0.2) is 0 Å². The summed E-state index contributed by atoms with van der Waals surface area (Å²) in [5.41, 5.74) is 16.3. The number of rotatable bonds is 4. The van der Waals surface area contributed by atoms with Crippen LogP contribution in [0.1, 0.15) is 25.0 Å². The highest BCUT2D eigenvalue weighted by molar-refractivity contribution is 6.24. The number of fused-ring (bicyclic) bond motifs is 10. The van der Waals surface area contributed by atoms with E-state index in [4.69, 9.17) is 0 Å². The molecular weight excluding hydrogens is 701 g/mol. The maximum atomic E-state index is 4.64. The van der Waals surface area contributed by atoms with Crippen LogP contribution >= 0.6 is 0 Å². The summed E-state index contributed by atoms with van der Waals surface area (Å²) in [6.07, 6.45) is 3.93. The Balaban J connectivity index is 1.19. The monoisotopic (exact) mass is 738 g/mol. The fraction of sp³-hybridized carbons (Fsp3) is 0.0536. The van der Waals surface area contributed by atoms with Crippen LogP contribution in [0.2, 0.25) is 0 Å². The van der Waals surface area contributed by atoms with Crippen molar-refractivity contribution in [2.24, 2.45) is 0 Å². The molecule has 12 rings (SSSR count). The minimum atomic E-state index is -0.106. The van der Waals surface area contributed by atoms with Crippen LogP contribution in [0.5, 0.6) is 0 Å². The van der Waals surface area contributed by atoms with Crippen LogP contribution in [0.3, 0.4) is 0 Å². The van der Waals surface area contributed by atoms with Crippen molar-refractivity contribution in [2.45, 2.75) is 19.3 Å². The molecule has 0 saturated carbocycles. The van der Waals surface area contributed by atoms with E-state index in [-0.39, 0.29) is 5.41 Å². The Morgan fingerprint density at radius 3 is 1.81 bits per heavy atom. The van der Waals surface area contributed by atoms with Crippen molar-refractivity contribution >= 4 is 54.1 Å². The second-order valence-electron chi connectivity index (χ2n) is 16.3. The van der Waals surface area contributed by atoms with Gasteiger partial charge >= 0.3 is 0 Å². The highest BCUT2D eigenvalue weighted by Gasteiger charge is 2.35. The second kappa shape index (κ2) is 12.4. The third-order valence-corrected chi connectivity index (χ3v) is 12.9. The van der Waals surface area contributed by atoms with Gasteiger partial charge in [0.15, 0.2) is 0 Å².